The zero-order valence-electron chi connectivity index (χ0n) is 18.6. The minimum atomic E-state index is -0.857. The van der Waals surface area contributed by atoms with E-state index >= 15 is 0 Å². The number of nitrogens with zero attached hydrogens (tertiary/aromatic N) is 4. The van der Waals surface area contributed by atoms with Crippen LogP contribution in [0.3, 0.4) is 0 Å². The zero-order chi connectivity index (χ0) is 24.2. The molecule has 176 valence electrons. The summed E-state index contributed by atoms with van der Waals surface area (Å²) >= 11 is 6.17. The third-order valence-electron chi connectivity index (χ3n) is 5.62. The number of aromatic amines is 1. The summed E-state index contributed by atoms with van der Waals surface area (Å²) in [4.78, 5) is 50.3. The molecule has 0 saturated heterocycles. The van der Waals surface area contributed by atoms with Crippen LogP contribution in [0, 0.1) is 6.92 Å². The summed E-state index contributed by atoms with van der Waals surface area (Å²) in [6.07, 6.45) is 0.512. The lowest BCUT2D eigenvalue weighted by atomic mass is 10.2. The molecule has 0 fully saturated rings. The second-order valence-corrected chi connectivity index (χ2v) is 8.56. The number of aryl methyl sites for hydroxylation is 1. The van der Waals surface area contributed by atoms with Crippen LogP contribution in [-0.4, -0.2) is 48.6 Å². The van der Waals surface area contributed by atoms with Crippen LogP contribution < -0.4 is 11.2 Å². The highest BCUT2D eigenvalue weighted by molar-refractivity contribution is 6.32. The van der Waals surface area contributed by atoms with Crippen molar-refractivity contribution in [2.45, 2.75) is 32.9 Å². The van der Waals surface area contributed by atoms with Gasteiger partial charge in [-0.1, -0.05) is 41.9 Å². The number of hydrogen-bond donors (Lipinski definition) is 2. The van der Waals surface area contributed by atoms with Gasteiger partial charge >= 0.3 is 11.7 Å². The number of rotatable bonds is 9. The number of hydrogen-bond acceptors (Lipinski definition) is 6. The summed E-state index contributed by atoms with van der Waals surface area (Å²) < 4.78 is 1.11. The lowest BCUT2D eigenvalue weighted by molar-refractivity contribution is -0.137. The monoisotopic (exact) mass is 481 g/mol. The molecular formula is C24H24ClN5O4. The maximum Gasteiger partial charge on any atom is 0.330 e. The van der Waals surface area contributed by atoms with Crippen molar-refractivity contribution in [1.29, 1.82) is 0 Å². The van der Waals surface area contributed by atoms with Gasteiger partial charge in [0.05, 0.1) is 11.0 Å². The molecule has 0 aliphatic carbocycles. The molecule has 2 aromatic heterocycles. The number of halogens is 1. The molecule has 10 heteroatoms. The average molecular weight is 482 g/mol. The third kappa shape index (κ3) is 5.32. The van der Waals surface area contributed by atoms with Crippen molar-refractivity contribution in [3.63, 3.8) is 0 Å². The van der Waals surface area contributed by atoms with Crippen LogP contribution in [0.25, 0.3) is 22.2 Å². The fourth-order valence-electron chi connectivity index (χ4n) is 3.82. The Hall–Kier alpha value is -3.56. The van der Waals surface area contributed by atoms with Gasteiger partial charge < -0.3 is 5.11 Å². The molecule has 34 heavy (non-hydrogen) atoms. The number of fused-ring (bicyclic) bond motifs is 2. The Kier molecular flexibility index (Phi) is 7.04. The summed E-state index contributed by atoms with van der Waals surface area (Å²) in [6.45, 7) is 3.45. The lowest BCUT2D eigenvalue weighted by Crippen LogP contribution is -2.39. The Morgan fingerprint density at radius 1 is 1.12 bits per heavy atom. The van der Waals surface area contributed by atoms with Crippen molar-refractivity contribution in [3.8, 4) is 0 Å². The van der Waals surface area contributed by atoms with E-state index in [2.05, 4.69) is 15.0 Å². The van der Waals surface area contributed by atoms with Gasteiger partial charge in [0, 0.05) is 31.1 Å². The fraction of sp³-hybridized carbons (Fsp3) is 0.292. The standard InChI is InChI=1S/C24H24ClN5O4/c1-15-12-18-19(13-17(15)25)27-22-21(26-18)23(33)30(24(34)28-22)11-10-29(9-5-8-20(31)32)14-16-6-3-2-4-7-16/h2-4,6-7,12-13H,5,8-11,14H2,1H3,(H,31,32)(H,27,28,34). The predicted octanol–water partition coefficient (Wildman–Crippen LogP) is 2.96. The Morgan fingerprint density at radius 2 is 1.85 bits per heavy atom. The van der Waals surface area contributed by atoms with Crippen molar-refractivity contribution in [1.82, 2.24) is 24.4 Å². The van der Waals surface area contributed by atoms with Gasteiger partial charge in [0.25, 0.3) is 5.56 Å². The van der Waals surface area contributed by atoms with E-state index in [9.17, 15) is 14.4 Å². The van der Waals surface area contributed by atoms with Gasteiger partial charge in [-0.15, -0.1) is 0 Å². The summed E-state index contributed by atoms with van der Waals surface area (Å²) in [7, 11) is 0. The van der Waals surface area contributed by atoms with Crippen molar-refractivity contribution in [3.05, 3.63) is 79.5 Å². The van der Waals surface area contributed by atoms with E-state index in [0.29, 0.717) is 42.1 Å². The minimum absolute atomic E-state index is 0.0495. The van der Waals surface area contributed by atoms with Crippen molar-refractivity contribution < 1.29 is 9.90 Å². The molecule has 0 atom stereocenters. The molecule has 0 amide bonds. The number of carboxylic acid groups (broad SMARTS) is 1. The van der Waals surface area contributed by atoms with Crippen LogP contribution in [0.2, 0.25) is 5.02 Å². The highest BCUT2D eigenvalue weighted by atomic mass is 35.5. The third-order valence-corrected chi connectivity index (χ3v) is 6.02. The Labute approximate surface area is 199 Å². The van der Waals surface area contributed by atoms with Crippen molar-refractivity contribution in [2.24, 2.45) is 0 Å². The molecule has 0 unspecified atom stereocenters. The first kappa shape index (κ1) is 23.6. The molecule has 2 heterocycles. The number of carbonyl (C=O) groups is 1. The first-order valence-corrected chi connectivity index (χ1v) is 11.3. The molecule has 0 saturated carbocycles. The van der Waals surface area contributed by atoms with Crippen LogP contribution >= 0.6 is 11.6 Å². The maximum atomic E-state index is 13.1. The maximum absolute atomic E-state index is 13.1. The molecule has 2 aromatic carbocycles. The molecule has 0 spiro atoms. The molecule has 9 nitrogen and oxygen atoms in total. The molecule has 4 rings (SSSR count). The number of carboxylic acids is 1. The molecule has 0 aliphatic rings. The fourth-order valence-corrected chi connectivity index (χ4v) is 3.97. The number of nitrogens with one attached hydrogen (secondary N) is 1. The number of aromatic nitrogens is 4. The van der Waals surface area contributed by atoms with Crippen LogP contribution in [0.4, 0.5) is 0 Å². The average Bonchev–Trinajstić information content (AvgIpc) is 2.79. The predicted molar refractivity (Wildman–Crippen MR) is 130 cm³/mol. The molecule has 2 N–H and O–H groups in total. The van der Waals surface area contributed by atoms with Gasteiger partial charge in [-0.25, -0.2) is 14.8 Å². The first-order valence-electron chi connectivity index (χ1n) is 10.9. The molecule has 0 radical (unpaired) electrons. The second kappa shape index (κ2) is 10.1. The summed E-state index contributed by atoms with van der Waals surface area (Å²) in [5.74, 6) is -0.857. The van der Waals surface area contributed by atoms with Crippen LogP contribution in [0.1, 0.15) is 24.0 Å². The quantitative estimate of drug-likeness (QED) is 0.352. The largest absolute Gasteiger partial charge is 0.481 e. The van der Waals surface area contributed by atoms with Crippen molar-refractivity contribution in [2.75, 3.05) is 13.1 Å². The van der Waals surface area contributed by atoms with Crippen LogP contribution in [-0.2, 0) is 17.9 Å². The Bertz CT molecular complexity index is 1470. The SMILES string of the molecule is Cc1cc2nc3c(=O)n(CCN(CCCC(=O)O)Cc4ccccc4)c(=O)[nH]c3nc2cc1Cl. The smallest absolute Gasteiger partial charge is 0.330 e. The first-order chi connectivity index (χ1) is 16.3. The second-order valence-electron chi connectivity index (χ2n) is 8.16. The number of benzene rings is 2. The van der Waals surface area contributed by atoms with E-state index in [-0.39, 0.29) is 24.1 Å². The highest BCUT2D eigenvalue weighted by Crippen LogP contribution is 2.21. The molecular weight excluding hydrogens is 458 g/mol. The van der Waals surface area contributed by atoms with Gasteiger partial charge in [-0.2, -0.15) is 0 Å². The van der Waals surface area contributed by atoms with Gasteiger partial charge in [0.1, 0.15) is 0 Å². The lowest BCUT2D eigenvalue weighted by Gasteiger charge is -2.22. The normalized spacial score (nSPS) is 11.5. The van der Waals surface area contributed by atoms with Gasteiger partial charge in [-0.3, -0.25) is 24.0 Å². The van der Waals surface area contributed by atoms with Crippen LogP contribution in [0.15, 0.2) is 52.1 Å². The van der Waals surface area contributed by atoms with E-state index in [1.54, 1.807) is 12.1 Å². The number of H-pyrrole nitrogens is 1. The van der Waals surface area contributed by atoms with Crippen molar-refractivity contribution >= 4 is 39.8 Å². The zero-order valence-corrected chi connectivity index (χ0v) is 19.4. The topological polar surface area (TPSA) is 121 Å². The van der Waals surface area contributed by atoms with E-state index in [0.717, 1.165) is 15.7 Å². The van der Waals surface area contributed by atoms with Crippen LogP contribution in [0.5, 0.6) is 0 Å². The molecule has 0 bridgehead atoms. The van der Waals surface area contributed by atoms with Gasteiger partial charge in [0.2, 0.25) is 0 Å². The van der Waals surface area contributed by atoms with E-state index in [1.165, 1.54) is 0 Å². The van der Waals surface area contributed by atoms with Gasteiger partial charge in [0.15, 0.2) is 11.2 Å². The summed E-state index contributed by atoms with van der Waals surface area (Å²) in [5.41, 5.74) is 1.97. The van der Waals surface area contributed by atoms with E-state index in [4.69, 9.17) is 16.7 Å². The summed E-state index contributed by atoms with van der Waals surface area (Å²) in [5, 5.41) is 9.50. The van der Waals surface area contributed by atoms with Gasteiger partial charge in [-0.05, 0) is 43.1 Å². The Balaban J connectivity index is 1.62. The van der Waals surface area contributed by atoms with E-state index < -0.39 is 17.2 Å². The highest BCUT2D eigenvalue weighted by Gasteiger charge is 2.14. The van der Waals surface area contributed by atoms with E-state index in [1.807, 2.05) is 42.2 Å². The summed E-state index contributed by atoms with van der Waals surface area (Å²) in [6, 6.07) is 13.2. The number of aliphatic carboxylic acids is 1. The Morgan fingerprint density at radius 3 is 2.59 bits per heavy atom. The molecule has 0 aliphatic heterocycles. The molecule has 4 aromatic rings. The minimum Gasteiger partial charge on any atom is -0.481 e.